The van der Waals surface area contributed by atoms with Crippen LogP contribution in [0, 0.1) is 6.92 Å². The molecule has 0 aliphatic rings. The van der Waals surface area contributed by atoms with Crippen molar-refractivity contribution in [1.82, 2.24) is 9.55 Å². The lowest BCUT2D eigenvalue weighted by molar-refractivity contribution is -0.137. The molecule has 0 saturated carbocycles. The molecule has 1 aromatic carbocycles. The van der Waals surface area contributed by atoms with Gasteiger partial charge in [-0.05, 0) is 32.0 Å². The van der Waals surface area contributed by atoms with Gasteiger partial charge < -0.3 is 19.7 Å². The van der Waals surface area contributed by atoms with Crippen LogP contribution >= 0.6 is 0 Å². The van der Waals surface area contributed by atoms with Gasteiger partial charge in [-0.2, -0.15) is 0 Å². The molecular formula is C14H19N3O3. The van der Waals surface area contributed by atoms with E-state index in [-0.39, 0.29) is 13.2 Å². The number of aryl methyl sites for hydroxylation is 1. The molecule has 0 aliphatic carbocycles. The van der Waals surface area contributed by atoms with Crippen molar-refractivity contribution in [2.45, 2.75) is 20.4 Å². The second-order valence-corrected chi connectivity index (χ2v) is 4.62. The molecule has 0 saturated heterocycles. The van der Waals surface area contributed by atoms with E-state index in [1.54, 1.807) is 11.5 Å². The first-order valence-electron chi connectivity index (χ1n) is 6.61. The Morgan fingerprint density at radius 1 is 1.45 bits per heavy atom. The number of nitrogens with zero attached hydrogens (tertiary/aromatic N) is 3. The number of likely N-dealkylation sites (N-methyl/N-ethyl adjacent to an activating group) is 1. The molecule has 0 radical (unpaired) electrons. The number of aliphatic hydroxyl groups excluding tert-OH is 1. The third-order valence-corrected chi connectivity index (χ3v) is 3.33. The number of anilines is 1. The number of benzene rings is 1. The first-order valence-corrected chi connectivity index (χ1v) is 6.61. The van der Waals surface area contributed by atoms with Gasteiger partial charge in [-0.1, -0.05) is 0 Å². The van der Waals surface area contributed by atoms with Gasteiger partial charge in [-0.15, -0.1) is 0 Å². The largest absolute Gasteiger partial charge is 0.480 e. The third kappa shape index (κ3) is 2.75. The normalized spacial score (nSPS) is 10.9. The monoisotopic (exact) mass is 277 g/mol. The van der Waals surface area contributed by atoms with Gasteiger partial charge in [0.1, 0.15) is 12.4 Å². The van der Waals surface area contributed by atoms with E-state index in [4.69, 9.17) is 10.2 Å². The topological polar surface area (TPSA) is 78.6 Å². The Kier molecular flexibility index (Phi) is 4.24. The number of carboxylic acids is 1. The number of aliphatic carboxylic acids is 1. The highest BCUT2D eigenvalue weighted by atomic mass is 16.4. The van der Waals surface area contributed by atoms with E-state index in [1.165, 1.54) is 0 Å². The van der Waals surface area contributed by atoms with Crippen LogP contribution in [0.1, 0.15) is 12.7 Å². The molecule has 0 bridgehead atoms. The SMILES string of the molecule is CCN(CCO)c1ccc2c(c1)nc(C)n2CC(=O)O. The minimum atomic E-state index is -0.882. The Morgan fingerprint density at radius 2 is 2.20 bits per heavy atom. The zero-order valence-corrected chi connectivity index (χ0v) is 11.7. The second kappa shape index (κ2) is 5.92. The zero-order valence-electron chi connectivity index (χ0n) is 11.7. The van der Waals surface area contributed by atoms with Gasteiger partial charge in [-0.3, -0.25) is 4.79 Å². The van der Waals surface area contributed by atoms with Gasteiger partial charge in [0.05, 0.1) is 17.6 Å². The standard InChI is InChI=1S/C14H19N3O3/c1-3-16(6-7-18)11-4-5-13-12(8-11)15-10(2)17(13)9-14(19)20/h4-5,8,18H,3,6-7,9H2,1-2H3,(H,19,20). The highest BCUT2D eigenvalue weighted by Gasteiger charge is 2.12. The van der Waals surface area contributed by atoms with Crippen molar-refractivity contribution in [1.29, 1.82) is 0 Å². The molecular weight excluding hydrogens is 258 g/mol. The molecule has 0 spiro atoms. The molecule has 1 aromatic heterocycles. The molecule has 20 heavy (non-hydrogen) atoms. The maximum absolute atomic E-state index is 10.9. The van der Waals surface area contributed by atoms with E-state index in [9.17, 15) is 4.79 Å². The number of hydrogen-bond donors (Lipinski definition) is 2. The molecule has 0 fully saturated rings. The van der Waals surface area contributed by atoms with Crippen LogP contribution in [-0.2, 0) is 11.3 Å². The lowest BCUT2D eigenvalue weighted by atomic mass is 10.2. The average molecular weight is 277 g/mol. The fourth-order valence-corrected chi connectivity index (χ4v) is 2.36. The fraction of sp³-hybridized carbons (Fsp3) is 0.429. The van der Waals surface area contributed by atoms with Crippen LogP contribution in [0.25, 0.3) is 11.0 Å². The first-order chi connectivity index (χ1) is 9.56. The summed E-state index contributed by atoms with van der Waals surface area (Å²) >= 11 is 0. The van der Waals surface area contributed by atoms with Crippen molar-refractivity contribution in [2.75, 3.05) is 24.6 Å². The summed E-state index contributed by atoms with van der Waals surface area (Å²) in [4.78, 5) is 17.3. The van der Waals surface area contributed by atoms with E-state index < -0.39 is 5.97 Å². The summed E-state index contributed by atoms with van der Waals surface area (Å²) in [6.07, 6.45) is 0. The molecule has 108 valence electrons. The number of rotatable bonds is 6. The van der Waals surface area contributed by atoms with E-state index in [0.717, 1.165) is 23.3 Å². The minimum absolute atomic E-state index is 0.0875. The Morgan fingerprint density at radius 3 is 2.80 bits per heavy atom. The third-order valence-electron chi connectivity index (χ3n) is 3.33. The van der Waals surface area contributed by atoms with E-state index >= 15 is 0 Å². The molecule has 2 rings (SSSR count). The zero-order chi connectivity index (χ0) is 14.7. The summed E-state index contributed by atoms with van der Waals surface area (Å²) in [6, 6.07) is 5.74. The first kappa shape index (κ1) is 14.3. The summed E-state index contributed by atoms with van der Waals surface area (Å²) in [6.45, 7) is 5.19. The lowest BCUT2D eigenvalue weighted by Crippen LogP contribution is -2.25. The quantitative estimate of drug-likeness (QED) is 0.830. The average Bonchev–Trinajstić information content (AvgIpc) is 2.71. The van der Waals surface area contributed by atoms with Gasteiger partial charge in [0.25, 0.3) is 0 Å². The predicted molar refractivity (Wildman–Crippen MR) is 77.1 cm³/mol. The Bertz CT molecular complexity index is 621. The van der Waals surface area contributed by atoms with Gasteiger partial charge in [0.15, 0.2) is 0 Å². The van der Waals surface area contributed by atoms with E-state index in [1.807, 2.05) is 30.0 Å². The van der Waals surface area contributed by atoms with Crippen LogP contribution in [-0.4, -0.2) is 45.4 Å². The van der Waals surface area contributed by atoms with Crippen LogP contribution in [0.5, 0.6) is 0 Å². The van der Waals surface area contributed by atoms with Crippen LogP contribution in [0.2, 0.25) is 0 Å². The molecule has 6 heteroatoms. The summed E-state index contributed by atoms with van der Waals surface area (Å²) in [5.41, 5.74) is 2.57. The number of aromatic nitrogens is 2. The number of carbonyl (C=O) groups is 1. The molecule has 0 atom stereocenters. The highest BCUT2D eigenvalue weighted by molar-refractivity contribution is 5.82. The summed E-state index contributed by atoms with van der Waals surface area (Å²) in [5, 5.41) is 18.0. The maximum Gasteiger partial charge on any atom is 0.323 e. The maximum atomic E-state index is 10.9. The van der Waals surface area contributed by atoms with Crippen molar-refractivity contribution >= 4 is 22.7 Å². The van der Waals surface area contributed by atoms with Crippen LogP contribution in [0.4, 0.5) is 5.69 Å². The predicted octanol–water partition coefficient (Wildman–Crippen LogP) is 1.25. The van der Waals surface area contributed by atoms with Crippen molar-refractivity contribution in [2.24, 2.45) is 0 Å². The van der Waals surface area contributed by atoms with Crippen LogP contribution in [0.3, 0.4) is 0 Å². The Balaban J connectivity index is 2.43. The highest BCUT2D eigenvalue weighted by Crippen LogP contribution is 2.23. The second-order valence-electron chi connectivity index (χ2n) is 4.62. The molecule has 2 aromatic rings. The summed E-state index contributed by atoms with van der Waals surface area (Å²) in [5.74, 6) is -0.198. The van der Waals surface area contributed by atoms with Crippen molar-refractivity contribution in [3.8, 4) is 0 Å². The molecule has 1 heterocycles. The molecule has 2 N–H and O–H groups in total. The molecule has 0 unspecified atom stereocenters. The Labute approximate surface area is 117 Å². The van der Waals surface area contributed by atoms with Gasteiger partial charge in [0.2, 0.25) is 0 Å². The van der Waals surface area contributed by atoms with Crippen molar-refractivity contribution in [3.05, 3.63) is 24.0 Å². The minimum Gasteiger partial charge on any atom is -0.480 e. The lowest BCUT2D eigenvalue weighted by Gasteiger charge is -2.21. The Hall–Kier alpha value is -2.08. The van der Waals surface area contributed by atoms with Gasteiger partial charge >= 0.3 is 5.97 Å². The smallest absolute Gasteiger partial charge is 0.323 e. The van der Waals surface area contributed by atoms with Crippen molar-refractivity contribution < 1.29 is 15.0 Å². The number of aliphatic hydroxyl groups is 1. The van der Waals surface area contributed by atoms with Crippen molar-refractivity contribution in [3.63, 3.8) is 0 Å². The molecule has 0 amide bonds. The summed E-state index contributed by atoms with van der Waals surface area (Å²) < 4.78 is 1.68. The number of fused-ring (bicyclic) bond motifs is 1. The number of hydrogen-bond acceptors (Lipinski definition) is 4. The fourth-order valence-electron chi connectivity index (χ4n) is 2.36. The van der Waals surface area contributed by atoms with E-state index in [2.05, 4.69) is 4.98 Å². The van der Waals surface area contributed by atoms with Crippen LogP contribution in [0.15, 0.2) is 18.2 Å². The van der Waals surface area contributed by atoms with Crippen LogP contribution < -0.4 is 4.90 Å². The van der Waals surface area contributed by atoms with Gasteiger partial charge in [0, 0.05) is 18.8 Å². The summed E-state index contributed by atoms with van der Waals surface area (Å²) in [7, 11) is 0. The number of carboxylic acid groups (broad SMARTS) is 1. The van der Waals surface area contributed by atoms with Gasteiger partial charge in [-0.25, -0.2) is 4.98 Å². The van der Waals surface area contributed by atoms with E-state index in [0.29, 0.717) is 12.4 Å². The molecule has 6 nitrogen and oxygen atoms in total. The molecule has 0 aliphatic heterocycles. The number of imidazole rings is 1.